The Morgan fingerprint density at radius 1 is 0.750 bits per heavy atom. The fourth-order valence-electron chi connectivity index (χ4n) is 2.53. The van der Waals surface area contributed by atoms with Crippen LogP contribution in [0.25, 0.3) is 0 Å². The average Bonchev–Trinajstić information content (AvgIpc) is 2.83. The van der Waals surface area contributed by atoms with Gasteiger partial charge in [-0.2, -0.15) is 0 Å². The molecule has 0 aliphatic heterocycles. The zero-order valence-electron chi connectivity index (χ0n) is 11.7. The summed E-state index contributed by atoms with van der Waals surface area (Å²) in [6.45, 7) is 2.05. The zero-order valence-corrected chi connectivity index (χ0v) is 11.7. The molecule has 1 nitrogen and oxygen atoms in total. The van der Waals surface area contributed by atoms with E-state index in [1.165, 1.54) is 22.3 Å². The van der Waals surface area contributed by atoms with Crippen LogP contribution in [-0.2, 0) is 12.8 Å². The third-order valence-corrected chi connectivity index (χ3v) is 3.65. The Balaban J connectivity index is 1.86. The van der Waals surface area contributed by atoms with Gasteiger partial charge in [0, 0.05) is 18.4 Å². The first-order chi connectivity index (χ1) is 9.83. The van der Waals surface area contributed by atoms with Crippen LogP contribution in [0.3, 0.4) is 0 Å². The fraction of sp³-hybridized carbons (Fsp3) is 0.158. The molecule has 3 aromatic rings. The molecule has 0 fully saturated rings. The van der Waals surface area contributed by atoms with Gasteiger partial charge in [-0.15, -0.1) is 0 Å². The molecule has 1 heterocycles. The van der Waals surface area contributed by atoms with Crippen molar-refractivity contribution in [2.24, 2.45) is 0 Å². The number of hydrogen-bond acceptors (Lipinski definition) is 1. The molecule has 2 aromatic carbocycles. The molecule has 1 aromatic heterocycles. The molecule has 0 unspecified atom stereocenters. The van der Waals surface area contributed by atoms with Gasteiger partial charge in [-0.1, -0.05) is 60.7 Å². The second kappa shape index (κ2) is 5.79. The lowest BCUT2D eigenvalue weighted by molar-refractivity contribution is 0.529. The van der Waals surface area contributed by atoms with Gasteiger partial charge in [0.05, 0.1) is 6.26 Å². The quantitative estimate of drug-likeness (QED) is 0.660. The fourth-order valence-corrected chi connectivity index (χ4v) is 2.53. The van der Waals surface area contributed by atoms with Crippen molar-refractivity contribution < 1.29 is 4.42 Å². The van der Waals surface area contributed by atoms with Gasteiger partial charge in [-0.25, -0.2) is 0 Å². The van der Waals surface area contributed by atoms with Crippen molar-refractivity contribution >= 4 is 0 Å². The molecule has 0 bridgehead atoms. The second-order valence-corrected chi connectivity index (χ2v) is 5.12. The molecular formula is C19H18O. The predicted octanol–water partition coefficient (Wildman–Crippen LogP) is 4.77. The van der Waals surface area contributed by atoms with Crippen molar-refractivity contribution in [3.63, 3.8) is 0 Å². The minimum atomic E-state index is 0.931. The molecule has 100 valence electrons. The molecule has 0 aliphatic rings. The predicted molar refractivity (Wildman–Crippen MR) is 81.9 cm³/mol. The standard InChI is InChI=1S/C19H18O/c1-15-19(13-17-10-6-3-7-11-17)18(14-20-15)12-16-8-4-2-5-9-16/h2-11,14H,12-13H2,1H3. The van der Waals surface area contributed by atoms with E-state index in [-0.39, 0.29) is 0 Å². The summed E-state index contributed by atoms with van der Waals surface area (Å²) >= 11 is 0. The van der Waals surface area contributed by atoms with E-state index < -0.39 is 0 Å². The van der Waals surface area contributed by atoms with E-state index in [0.29, 0.717) is 0 Å². The maximum Gasteiger partial charge on any atom is 0.104 e. The number of furan rings is 1. The molecule has 0 saturated heterocycles. The van der Waals surface area contributed by atoms with Crippen LogP contribution >= 0.6 is 0 Å². The Morgan fingerprint density at radius 3 is 1.90 bits per heavy atom. The molecule has 0 spiro atoms. The number of aryl methyl sites for hydroxylation is 1. The van der Waals surface area contributed by atoms with E-state index in [1.54, 1.807) is 0 Å². The summed E-state index contributed by atoms with van der Waals surface area (Å²) in [7, 11) is 0. The molecule has 20 heavy (non-hydrogen) atoms. The Morgan fingerprint density at radius 2 is 1.30 bits per heavy atom. The topological polar surface area (TPSA) is 13.1 Å². The number of benzene rings is 2. The van der Waals surface area contributed by atoms with Gasteiger partial charge in [0.25, 0.3) is 0 Å². The third kappa shape index (κ3) is 2.83. The van der Waals surface area contributed by atoms with Crippen LogP contribution in [-0.4, -0.2) is 0 Å². The highest BCUT2D eigenvalue weighted by Gasteiger charge is 2.11. The van der Waals surface area contributed by atoms with Crippen molar-refractivity contribution in [1.29, 1.82) is 0 Å². The lowest BCUT2D eigenvalue weighted by Gasteiger charge is -2.05. The van der Waals surface area contributed by atoms with Gasteiger partial charge in [0.15, 0.2) is 0 Å². The molecule has 0 atom stereocenters. The highest BCUT2D eigenvalue weighted by molar-refractivity contribution is 5.36. The summed E-state index contributed by atoms with van der Waals surface area (Å²) < 4.78 is 5.64. The van der Waals surface area contributed by atoms with Gasteiger partial charge >= 0.3 is 0 Å². The van der Waals surface area contributed by atoms with Crippen LogP contribution < -0.4 is 0 Å². The van der Waals surface area contributed by atoms with Crippen LogP contribution in [0.5, 0.6) is 0 Å². The lowest BCUT2D eigenvalue weighted by atomic mass is 9.97. The smallest absolute Gasteiger partial charge is 0.104 e. The van der Waals surface area contributed by atoms with E-state index >= 15 is 0 Å². The first-order valence-corrected chi connectivity index (χ1v) is 6.96. The zero-order chi connectivity index (χ0) is 13.8. The van der Waals surface area contributed by atoms with Crippen molar-refractivity contribution in [2.75, 3.05) is 0 Å². The number of hydrogen-bond donors (Lipinski definition) is 0. The van der Waals surface area contributed by atoms with E-state index in [9.17, 15) is 0 Å². The average molecular weight is 262 g/mol. The van der Waals surface area contributed by atoms with Crippen LogP contribution in [0.15, 0.2) is 71.3 Å². The van der Waals surface area contributed by atoms with Gasteiger partial charge in [0.2, 0.25) is 0 Å². The van der Waals surface area contributed by atoms with E-state index in [4.69, 9.17) is 4.42 Å². The molecule has 0 saturated carbocycles. The van der Waals surface area contributed by atoms with Crippen LogP contribution in [0.2, 0.25) is 0 Å². The van der Waals surface area contributed by atoms with E-state index in [1.807, 2.05) is 13.2 Å². The van der Waals surface area contributed by atoms with E-state index in [0.717, 1.165) is 18.6 Å². The molecule has 0 N–H and O–H groups in total. The van der Waals surface area contributed by atoms with Crippen LogP contribution in [0, 0.1) is 6.92 Å². The Bertz CT molecular complexity index is 666. The van der Waals surface area contributed by atoms with Crippen molar-refractivity contribution in [3.05, 3.63) is 94.9 Å². The molecule has 0 amide bonds. The summed E-state index contributed by atoms with van der Waals surface area (Å²) in [6.07, 6.45) is 3.77. The van der Waals surface area contributed by atoms with Gasteiger partial charge in [-0.3, -0.25) is 0 Å². The summed E-state index contributed by atoms with van der Waals surface area (Å²) in [6, 6.07) is 21.1. The van der Waals surface area contributed by atoms with Crippen LogP contribution in [0.4, 0.5) is 0 Å². The Kier molecular flexibility index (Phi) is 3.69. The third-order valence-electron chi connectivity index (χ3n) is 3.65. The maximum atomic E-state index is 5.64. The number of rotatable bonds is 4. The molecule has 3 rings (SSSR count). The van der Waals surface area contributed by atoms with Gasteiger partial charge in [-0.05, 0) is 23.6 Å². The Labute approximate surface area is 119 Å². The molecular weight excluding hydrogens is 244 g/mol. The van der Waals surface area contributed by atoms with Gasteiger partial charge in [0.1, 0.15) is 5.76 Å². The molecule has 0 radical (unpaired) electrons. The first-order valence-electron chi connectivity index (χ1n) is 6.96. The summed E-state index contributed by atoms with van der Waals surface area (Å²) in [5.41, 5.74) is 5.26. The lowest BCUT2D eigenvalue weighted by Crippen LogP contribution is -1.95. The van der Waals surface area contributed by atoms with E-state index in [2.05, 4.69) is 60.7 Å². The summed E-state index contributed by atoms with van der Waals surface area (Å²) in [4.78, 5) is 0. The van der Waals surface area contributed by atoms with Crippen molar-refractivity contribution in [3.8, 4) is 0 Å². The summed E-state index contributed by atoms with van der Waals surface area (Å²) in [5.74, 6) is 1.03. The van der Waals surface area contributed by atoms with Crippen LogP contribution in [0.1, 0.15) is 28.0 Å². The normalized spacial score (nSPS) is 10.7. The SMILES string of the molecule is Cc1occ(Cc2ccccc2)c1Cc1ccccc1. The highest BCUT2D eigenvalue weighted by Crippen LogP contribution is 2.23. The second-order valence-electron chi connectivity index (χ2n) is 5.12. The first kappa shape index (κ1) is 12.7. The molecule has 0 aliphatic carbocycles. The monoisotopic (exact) mass is 262 g/mol. The van der Waals surface area contributed by atoms with Crippen molar-refractivity contribution in [1.82, 2.24) is 0 Å². The van der Waals surface area contributed by atoms with Crippen molar-refractivity contribution in [2.45, 2.75) is 19.8 Å². The minimum absolute atomic E-state index is 0.931. The Hall–Kier alpha value is -2.28. The van der Waals surface area contributed by atoms with Gasteiger partial charge < -0.3 is 4.42 Å². The highest BCUT2D eigenvalue weighted by atomic mass is 16.3. The summed E-state index contributed by atoms with van der Waals surface area (Å²) in [5, 5.41) is 0. The minimum Gasteiger partial charge on any atom is -0.469 e. The maximum absolute atomic E-state index is 5.64. The molecule has 1 heteroatoms. The largest absolute Gasteiger partial charge is 0.469 e.